The van der Waals surface area contributed by atoms with E-state index in [2.05, 4.69) is 17.9 Å². The molecule has 0 spiro atoms. The summed E-state index contributed by atoms with van der Waals surface area (Å²) in [6.07, 6.45) is 3.32. The van der Waals surface area contributed by atoms with E-state index in [0.717, 1.165) is 5.57 Å². The minimum atomic E-state index is -0.436. The summed E-state index contributed by atoms with van der Waals surface area (Å²) in [4.78, 5) is 10.9. The minimum absolute atomic E-state index is 0.205. The van der Waals surface area contributed by atoms with Crippen LogP contribution in [0.15, 0.2) is 36.5 Å². The van der Waals surface area contributed by atoms with Crippen LogP contribution in [0, 0.1) is 5.92 Å². The fourth-order valence-electron chi connectivity index (χ4n) is 0.722. The largest absolute Gasteiger partial charge is 0.465 e. The van der Waals surface area contributed by atoms with Crippen molar-refractivity contribution in [1.29, 1.82) is 0 Å². The fraction of sp³-hybridized carbons (Fsp3) is 0.462. The Morgan fingerprint density at radius 2 is 1.88 bits per heavy atom. The number of allylic oxidation sites excluding steroid dienone is 1. The van der Waals surface area contributed by atoms with Gasteiger partial charge >= 0.3 is 5.97 Å². The summed E-state index contributed by atoms with van der Waals surface area (Å²) in [6.45, 7) is 13.9. The van der Waals surface area contributed by atoms with Crippen LogP contribution in [0.3, 0.4) is 0 Å². The molecule has 0 saturated heterocycles. The number of nitrogens with two attached hydrogens (primary N) is 1. The number of carbonyl (C=O) groups is 1. The van der Waals surface area contributed by atoms with E-state index >= 15 is 0 Å². The minimum Gasteiger partial charge on any atom is -0.465 e. The van der Waals surface area contributed by atoms with Crippen molar-refractivity contribution >= 4 is 5.97 Å². The first-order valence-corrected chi connectivity index (χ1v) is 5.37. The lowest BCUT2D eigenvalue weighted by atomic mass is 10.0. The first-order valence-electron chi connectivity index (χ1n) is 5.37. The fourth-order valence-corrected chi connectivity index (χ4v) is 0.722. The molecule has 1 atom stereocenters. The van der Waals surface area contributed by atoms with Crippen LogP contribution in [0.25, 0.3) is 0 Å². The quantitative estimate of drug-likeness (QED) is 0.444. The van der Waals surface area contributed by atoms with E-state index < -0.39 is 5.97 Å². The average Bonchev–Trinajstić information content (AvgIpc) is 2.35. The van der Waals surface area contributed by atoms with Gasteiger partial charge in [0.05, 0.1) is 12.7 Å². The van der Waals surface area contributed by atoms with Gasteiger partial charge in [-0.25, -0.2) is 4.79 Å². The monoisotopic (exact) mass is 225 g/mol. The van der Waals surface area contributed by atoms with Crippen LogP contribution in [-0.4, -0.2) is 19.6 Å². The third-order valence-corrected chi connectivity index (χ3v) is 1.93. The van der Waals surface area contributed by atoms with Gasteiger partial charge in [-0.2, -0.15) is 0 Å². The molecule has 16 heavy (non-hydrogen) atoms. The van der Waals surface area contributed by atoms with Crippen molar-refractivity contribution < 1.29 is 9.53 Å². The molecule has 0 aliphatic carbocycles. The predicted octanol–water partition coefficient (Wildman–Crippen LogP) is 2.45. The van der Waals surface area contributed by atoms with Crippen LogP contribution in [0.5, 0.6) is 0 Å². The van der Waals surface area contributed by atoms with Crippen molar-refractivity contribution in [2.45, 2.75) is 20.8 Å². The zero-order chi connectivity index (χ0) is 13.1. The van der Waals surface area contributed by atoms with E-state index in [1.165, 1.54) is 7.11 Å². The third-order valence-electron chi connectivity index (χ3n) is 1.93. The van der Waals surface area contributed by atoms with Gasteiger partial charge in [0, 0.05) is 0 Å². The summed E-state index contributed by atoms with van der Waals surface area (Å²) >= 11 is 0. The normalized spacial score (nSPS) is 11.3. The van der Waals surface area contributed by atoms with Crippen molar-refractivity contribution in [1.82, 2.24) is 0 Å². The molecule has 3 nitrogen and oxygen atoms in total. The summed E-state index contributed by atoms with van der Waals surface area (Å²) in [5, 5.41) is 0. The molecular weight excluding hydrogens is 202 g/mol. The lowest BCUT2D eigenvalue weighted by molar-refractivity contribution is -0.135. The Bertz CT molecular complexity index is 267. The SMILES string of the molecule is C=C(/C=C\C(=C)C(C)CN)C(=O)OC.CC. The maximum Gasteiger partial charge on any atom is 0.337 e. The highest BCUT2D eigenvalue weighted by Gasteiger charge is 2.03. The Kier molecular flexibility index (Phi) is 10.9. The van der Waals surface area contributed by atoms with Gasteiger partial charge in [0.15, 0.2) is 0 Å². The molecule has 0 saturated carbocycles. The number of hydrogen-bond donors (Lipinski definition) is 1. The maximum atomic E-state index is 10.9. The molecule has 0 aromatic rings. The lowest BCUT2D eigenvalue weighted by Crippen LogP contribution is -2.11. The molecule has 0 aliphatic rings. The molecule has 0 aromatic heterocycles. The second kappa shape index (κ2) is 10.2. The number of rotatable bonds is 5. The first kappa shape index (κ1) is 17.1. The Hall–Kier alpha value is -1.35. The van der Waals surface area contributed by atoms with Gasteiger partial charge in [0.1, 0.15) is 0 Å². The van der Waals surface area contributed by atoms with Crippen molar-refractivity contribution in [2.24, 2.45) is 11.7 Å². The molecule has 0 bridgehead atoms. The average molecular weight is 225 g/mol. The van der Waals surface area contributed by atoms with Crippen molar-refractivity contribution in [3.8, 4) is 0 Å². The molecular formula is C13H23NO2. The molecule has 0 fully saturated rings. The van der Waals surface area contributed by atoms with Crippen molar-refractivity contribution in [2.75, 3.05) is 13.7 Å². The predicted molar refractivity (Wildman–Crippen MR) is 69.0 cm³/mol. The molecule has 1 unspecified atom stereocenters. The van der Waals surface area contributed by atoms with Gasteiger partial charge in [0.2, 0.25) is 0 Å². The van der Waals surface area contributed by atoms with Crippen LogP contribution >= 0.6 is 0 Å². The van der Waals surface area contributed by atoms with E-state index in [1.807, 2.05) is 20.8 Å². The zero-order valence-corrected chi connectivity index (χ0v) is 10.7. The number of hydrogen-bond acceptors (Lipinski definition) is 3. The van der Waals surface area contributed by atoms with Crippen molar-refractivity contribution in [3.63, 3.8) is 0 Å². The standard InChI is InChI=1S/C11H17NO2.C2H6/c1-8(10(3)7-12)5-6-9(2)11(13)14-4;1-2/h5-6,10H,1-2,7,12H2,3-4H3;1-2H3/b6-5-;. The molecule has 2 N–H and O–H groups in total. The highest BCUT2D eigenvalue weighted by atomic mass is 16.5. The molecule has 0 aliphatic heterocycles. The third kappa shape index (κ3) is 7.01. The second-order valence-corrected chi connectivity index (χ2v) is 3.06. The van der Waals surface area contributed by atoms with Crippen LogP contribution in [-0.2, 0) is 9.53 Å². The molecule has 0 heterocycles. The smallest absolute Gasteiger partial charge is 0.337 e. The van der Waals surface area contributed by atoms with Gasteiger partial charge in [-0.05, 0) is 18.5 Å². The van der Waals surface area contributed by atoms with Gasteiger partial charge in [0.25, 0.3) is 0 Å². The number of carbonyl (C=O) groups excluding carboxylic acids is 1. The highest BCUT2D eigenvalue weighted by Crippen LogP contribution is 2.09. The first-order chi connectivity index (χ1) is 7.52. The van der Waals surface area contributed by atoms with Gasteiger partial charge in [-0.1, -0.05) is 45.6 Å². The molecule has 3 heteroatoms. The Morgan fingerprint density at radius 1 is 1.38 bits per heavy atom. The lowest BCUT2D eigenvalue weighted by Gasteiger charge is -2.07. The van der Waals surface area contributed by atoms with Crippen LogP contribution in [0.4, 0.5) is 0 Å². The van der Waals surface area contributed by atoms with Gasteiger partial charge < -0.3 is 10.5 Å². The second-order valence-electron chi connectivity index (χ2n) is 3.06. The number of ether oxygens (including phenoxy) is 1. The molecule has 0 rings (SSSR count). The molecule has 92 valence electrons. The summed E-state index contributed by atoms with van der Waals surface area (Å²) in [7, 11) is 1.32. The highest BCUT2D eigenvalue weighted by molar-refractivity contribution is 5.90. The van der Waals surface area contributed by atoms with E-state index in [1.54, 1.807) is 12.2 Å². The summed E-state index contributed by atoms with van der Waals surface area (Å²) < 4.78 is 4.49. The van der Waals surface area contributed by atoms with E-state index in [4.69, 9.17) is 5.73 Å². The van der Waals surface area contributed by atoms with Crippen LogP contribution in [0.2, 0.25) is 0 Å². The Balaban J connectivity index is 0. The maximum absolute atomic E-state index is 10.9. The zero-order valence-electron chi connectivity index (χ0n) is 10.7. The topological polar surface area (TPSA) is 52.3 Å². The Labute approximate surface area is 98.7 Å². The van der Waals surface area contributed by atoms with Crippen molar-refractivity contribution in [3.05, 3.63) is 36.5 Å². The summed E-state index contributed by atoms with van der Waals surface area (Å²) in [6, 6.07) is 0. The Morgan fingerprint density at radius 3 is 2.25 bits per heavy atom. The van der Waals surface area contributed by atoms with Crippen LogP contribution < -0.4 is 5.73 Å². The van der Waals surface area contributed by atoms with Gasteiger partial charge in [-0.3, -0.25) is 0 Å². The van der Waals surface area contributed by atoms with E-state index in [0.29, 0.717) is 12.1 Å². The summed E-state index contributed by atoms with van der Waals surface area (Å²) in [5.41, 5.74) is 6.63. The number of esters is 1. The molecule has 0 radical (unpaired) electrons. The van der Waals surface area contributed by atoms with E-state index in [9.17, 15) is 4.79 Å². The van der Waals surface area contributed by atoms with E-state index in [-0.39, 0.29) is 5.92 Å². The number of methoxy groups -OCH3 is 1. The van der Waals surface area contributed by atoms with Gasteiger partial charge in [-0.15, -0.1) is 0 Å². The van der Waals surface area contributed by atoms with Crippen LogP contribution in [0.1, 0.15) is 20.8 Å². The summed E-state index contributed by atoms with van der Waals surface area (Å²) in [5.74, 6) is -0.230. The molecule has 0 aromatic carbocycles. The molecule has 0 amide bonds.